The number of rotatable bonds is 4. The van der Waals surface area contributed by atoms with Gasteiger partial charge in [-0.15, -0.1) is 0 Å². The summed E-state index contributed by atoms with van der Waals surface area (Å²) < 4.78 is 39.4. The number of carbonyl (C=O) groups excluding carboxylic acids is 1. The van der Waals surface area contributed by atoms with E-state index in [1.807, 2.05) is 30.3 Å². The van der Waals surface area contributed by atoms with Crippen molar-refractivity contribution >= 4 is 5.91 Å². The van der Waals surface area contributed by atoms with E-state index in [1.54, 1.807) is 6.92 Å². The van der Waals surface area contributed by atoms with Crippen molar-refractivity contribution in [2.24, 2.45) is 0 Å². The number of amides is 1. The van der Waals surface area contributed by atoms with E-state index in [0.717, 1.165) is 43.4 Å². The van der Waals surface area contributed by atoms with Crippen LogP contribution in [-0.4, -0.2) is 29.9 Å². The number of nitrogens with one attached hydrogen (secondary N) is 1. The number of hydrogen-bond acceptors (Lipinski definition) is 2. The maximum absolute atomic E-state index is 13.4. The lowest BCUT2D eigenvalue weighted by molar-refractivity contribution is -0.137. The van der Waals surface area contributed by atoms with Crippen LogP contribution in [0.4, 0.5) is 13.2 Å². The molecule has 30 heavy (non-hydrogen) atoms. The Labute approximate surface area is 175 Å². The van der Waals surface area contributed by atoms with Crippen molar-refractivity contribution < 1.29 is 18.0 Å². The zero-order chi connectivity index (χ0) is 21.5. The summed E-state index contributed by atoms with van der Waals surface area (Å²) in [5, 5.41) is 3.29. The Balaban J connectivity index is 1.72. The molecular weight excluding hydrogens is 389 g/mol. The molecule has 4 rings (SSSR count). The molecule has 3 atom stereocenters. The number of benzene rings is 2. The molecule has 0 saturated carbocycles. The normalized spacial score (nSPS) is 26.6. The second kappa shape index (κ2) is 7.73. The van der Waals surface area contributed by atoms with Gasteiger partial charge in [0.1, 0.15) is 0 Å². The first kappa shape index (κ1) is 20.9. The Hall–Kier alpha value is -2.34. The third-order valence-corrected chi connectivity index (χ3v) is 6.97. The van der Waals surface area contributed by atoms with Gasteiger partial charge in [-0.3, -0.25) is 9.69 Å². The molecular formula is C24H27F3N2O. The molecule has 0 aliphatic carbocycles. The molecule has 0 unspecified atom stereocenters. The summed E-state index contributed by atoms with van der Waals surface area (Å²) in [4.78, 5) is 15.8. The standard InChI is InChI=1S/C24H27F3N2O/c1-3-16-15-18(24(25,26)27)9-11-20(16)22(30)28-23(17-7-5-4-6-8-17)14-13-19-10-12-21(23)29(19)2/h4-9,11,15,19,21H,3,10,12-14H2,1-2H3,(H,28,30)/t19-,21-,23-/m1/s1. The van der Waals surface area contributed by atoms with Crippen molar-refractivity contribution in [2.45, 2.75) is 62.8 Å². The highest BCUT2D eigenvalue weighted by atomic mass is 19.4. The SMILES string of the molecule is CCc1cc(C(F)(F)F)ccc1C(=O)N[C@@]1(c2ccccc2)CC[C@H]2CC[C@H]1N2C. The van der Waals surface area contributed by atoms with Gasteiger partial charge in [-0.25, -0.2) is 0 Å². The van der Waals surface area contributed by atoms with Gasteiger partial charge in [0.05, 0.1) is 11.1 Å². The number of carbonyl (C=O) groups is 1. The third-order valence-electron chi connectivity index (χ3n) is 6.97. The van der Waals surface area contributed by atoms with E-state index in [1.165, 1.54) is 6.07 Å². The Bertz CT molecular complexity index is 928. The van der Waals surface area contributed by atoms with Gasteiger partial charge in [0, 0.05) is 17.6 Å². The molecule has 3 nitrogen and oxygen atoms in total. The van der Waals surface area contributed by atoms with Crippen molar-refractivity contribution in [3.05, 3.63) is 70.8 Å². The predicted octanol–water partition coefficient (Wildman–Crippen LogP) is 5.15. The molecule has 6 heteroatoms. The van der Waals surface area contributed by atoms with Gasteiger partial charge < -0.3 is 5.32 Å². The maximum Gasteiger partial charge on any atom is 0.416 e. The van der Waals surface area contributed by atoms with Crippen molar-refractivity contribution in [1.29, 1.82) is 0 Å². The smallest absolute Gasteiger partial charge is 0.341 e. The van der Waals surface area contributed by atoms with Crippen LogP contribution in [0.1, 0.15) is 59.7 Å². The van der Waals surface area contributed by atoms with Crippen LogP contribution in [0.3, 0.4) is 0 Å². The molecule has 2 heterocycles. The van der Waals surface area contributed by atoms with Gasteiger partial charge in [-0.2, -0.15) is 13.2 Å². The Morgan fingerprint density at radius 2 is 1.87 bits per heavy atom. The highest BCUT2D eigenvalue weighted by Crippen LogP contribution is 2.46. The molecule has 2 aromatic rings. The van der Waals surface area contributed by atoms with Crippen LogP contribution in [0, 0.1) is 0 Å². The molecule has 2 aromatic carbocycles. The summed E-state index contributed by atoms with van der Waals surface area (Å²) in [6.07, 6.45) is -0.165. The predicted molar refractivity (Wildman–Crippen MR) is 110 cm³/mol. The lowest BCUT2D eigenvalue weighted by Gasteiger charge is -2.48. The summed E-state index contributed by atoms with van der Waals surface area (Å²) in [5.74, 6) is -0.303. The molecule has 2 saturated heterocycles. The minimum Gasteiger partial charge on any atom is -0.341 e. The quantitative estimate of drug-likeness (QED) is 0.748. The van der Waals surface area contributed by atoms with E-state index >= 15 is 0 Å². The van der Waals surface area contributed by atoms with E-state index < -0.39 is 17.3 Å². The summed E-state index contributed by atoms with van der Waals surface area (Å²) in [6.45, 7) is 1.77. The Morgan fingerprint density at radius 3 is 2.53 bits per heavy atom. The molecule has 1 amide bonds. The average Bonchev–Trinajstić information content (AvgIpc) is 2.99. The first-order chi connectivity index (χ1) is 14.3. The third kappa shape index (κ3) is 3.51. The number of fused-ring (bicyclic) bond motifs is 2. The van der Waals surface area contributed by atoms with E-state index in [0.29, 0.717) is 23.6 Å². The topological polar surface area (TPSA) is 32.3 Å². The van der Waals surface area contributed by atoms with Crippen molar-refractivity contribution in [2.75, 3.05) is 7.05 Å². The highest BCUT2D eigenvalue weighted by Gasteiger charge is 2.52. The minimum absolute atomic E-state index is 0.169. The van der Waals surface area contributed by atoms with Gasteiger partial charge in [0.25, 0.3) is 5.91 Å². The Kier molecular flexibility index (Phi) is 5.39. The lowest BCUT2D eigenvalue weighted by atomic mass is 9.76. The number of aryl methyl sites for hydroxylation is 1. The van der Waals surface area contributed by atoms with Crippen molar-refractivity contribution in [1.82, 2.24) is 10.2 Å². The first-order valence-corrected chi connectivity index (χ1v) is 10.6. The molecule has 2 bridgehead atoms. The largest absolute Gasteiger partial charge is 0.416 e. The number of likely N-dealkylation sites (N-methyl/N-ethyl adjacent to an activating group) is 1. The minimum atomic E-state index is -4.42. The molecule has 2 aliphatic rings. The molecule has 1 N–H and O–H groups in total. The van der Waals surface area contributed by atoms with Gasteiger partial charge in [0.15, 0.2) is 0 Å². The maximum atomic E-state index is 13.4. The second-order valence-corrected chi connectivity index (χ2v) is 8.47. The molecule has 0 spiro atoms. The summed E-state index contributed by atoms with van der Waals surface area (Å²) in [5.41, 5.74) is 0.529. The number of alkyl halides is 3. The van der Waals surface area contributed by atoms with Gasteiger partial charge in [-0.05, 0) is 68.5 Å². The monoisotopic (exact) mass is 416 g/mol. The molecule has 160 valence electrons. The van der Waals surface area contributed by atoms with Crippen LogP contribution in [0.5, 0.6) is 0 Å². The molecule has 0 aromatic heterocycles. The Morgan fingerprint density at radius 1 is 1.13 bits per heavy atom. The fourth-order valence-electron chi connectivity index (χ4n) is 5.36. The zero-order valence-corrected chi connectivity index (χ0v) is 17.3. The van der Waals surface area contributed by atoms with Gasteiger partial charge in [0.2, 0.25) is 0 Å². The molecule has 0 radical (unpaired) electrons. The summed E-state index contributed by atoms with van der Waals surface area (Å²) in [6, 6.07) is 14.1. The number of piperidine rings is 1. The van der Waals surface area contributed by atoms with Gasteiger partial charge >= 0.3 is 6.18 Å². The number of hydrogen-bond donors (Lipinski definition) is 1. The number of halogens is 3. The van der Waals surface area contributed by atoms with E-state index in [4.69, 9.17) is 0 Å². The first-order valence-electron chi connectivity index (χ1n) is 10.6. The van der Waals surface area contributed by atoms with Crippen LogP contribution in [-0.2, 0) is 18.1 Å². The van der Waals surface area contributed by atoms with Crippen LogP contribution in [0.2, 0.25) is 0 Å². The summed E-state index contributed by atoms with van der Waals surface area (Å²) >= 11 is 0. The van der Waals surface area contributed by atoms with Crippen LogP contribution < -0.4 is 5.32 Å². The van der Waals surface area contributed by atoms with E-state index in [2.05, 4.69) is 17.3 Å². The van der Waals surface area contributed by atoms with E-state index in [9.17, 15) is 18.0 Å². The highest BCUT2D eigenvalue weighted by molar-refractivity contribution is 5.96. The van der Waals surface area contributed by atoms with Crippen molar-refractivity contribution in [3.63, 3.8) is 0 Å². The van der Waals surface area contributed by atoms with Crippen LogP contribution in [0.25, 0.3) is 0 Å². The average molecular weight is 416 g/mol. The molecule has 2 fully saturated rings. The van der Waals surface area contributed by atoms with E-state index in [-0.39, 0.29) is 11.9 Å². The fourth-order valence-corrected chi connectivity index (χ4v) is 5.36. The van der Waals surface area contributed by atoms with Gasteiger partial charge in [-0.1, -0.05) is 37.3 Å². The summed E-state index contributed by atoms with van der Waals surface area (Å²) in [7, 11) is 2.11. The van der Waals surface area contributed by atoms with Crippen LogP contribution >= 0.6 is 0 Å². The molecule has 2 aliphatic heterocycles. The number of nitrogens with zero attached hydrogens (tertiary/aromatic N) is 1. The zero-order valence-electron chi connectivity index (χ0n) is 17.3. The van der Waals surface area contributed by atoms with Crippen molar-refractivity contribution in [3.8, 4) is 0 Å². The van der Waals surface area contributed by atoms with Crippen LogP contribution in [0.15, 0.2) is 48.5 Å². The fraction of sp³-hybridized carbons (Fsp3) is 0.458. The lowest BCUT2D eigenvalue weighted by Crippen LogP contribution is -2.61. The second-order valence-electron chi connectivity index (χ2n) is 8.47.